The number of benzene rings is 19. The molecule has 0 aliphatic heterocycles. The Morgan fingerprint density at radius 3 is 0.898 bits per heavy atom. The van der Waals surface area contributed by atoms with Crippen LogP contribution in [-0.2, 0) is 0 Å². The fraction of sp³-hybridized carbons (Fsp3) is 0. The van der Waals surface area contributed by atoms with Crippen molar-refractivity contribution in [3.05, 3.63) is 350 Å². The molecule has 21 aromatic rings. The quantitative estimate of drug-likeness (QED) is 0.123. The van der Waals surface area contributed by atoms with Gasteiger partial charge >= 0.3 is 0 Å². The summed E-state index contributed by atoms with van der Waals surface area (Å²) in [6, 6.07) is -53.2. The minimum absolute atomic E-state index is 0.417. The molecule has 0 aliphatic rings. The van der Waals surface area contributed by atoms with Crippen LogP contribution in [0.1, 0.15) is 79.5 Å². The van der Waals surface area contributed by atoms with Gasteiger partial charge in [0.2, 0.25) is 0 Å². The van der Waals surface area contributed by atoms with Crippen LogP contribution in [0.25, 0.3) is 208 Å². The minimum atomic E-state index is -1.14. The summed E-state index contributed by atoms with van der Waals surface area (Å²) in [6.45, 7) is 0. The van der Waals surface area contributed by atoms with Crippen LogP contribution in [0.5, 0.6) is 0 Å². The highest BCUT2D eigenvalue weighted by atomic mass is 16.3. The van der Waals surface area contributed by atoms with Crippen LogP contribution in [-0.4, -0.2) is 0 Å². The first kappa shape index (κ1) is 22.9. The fourth-order valence-corrected chi connectivity index (χ4v) is 12.0. The number of rotatable bonds is 6. The van der Waals surface area contributed by atoms with Crippen LogP contribution >= 0.6 is 0 Å². The molecule has 2 heteroatoms. The average Bonchev–Trinajstić information content (AvgIpc) is 1.64. The second kappa shape index (κ2) is 22.4. The summed E-state index contributed by atoms with van der Waals surface area (Å²) in [7, 11) is 0. The molecule has 21 rings (SSSR count). The molecule has 2 heterocycles. The van der Waals surface area contributed by atoms with Crippen molar-refractivity contribution in [2.24, 2.45) is 0 Å². The van der Waals surface area contributed by atoms with Gasteiger partial charge in [0.1, 0.15) is 22.3 Å². The van der Waals surface area contributed by atoms with Gasteiger partial charge in [-0.05, 0) is 195 Å². The van der Waals surface area contributed by atoms with Crippen molar-refractivity contribution >= 4 is 141 Å². The van der Waals surface area contributed by atoms with Gasteiger partial charge in [-0.2, -0.15) is 0 Å². The zero-order chi connectivity index (χ0) is 115. The molecule has 0 bridgehead atoms. The van der Waals surface area contributed by atoms with Crippen molar-refractivity contribution < 1.29 is 88.3 Å². The van der Waals surface area contributed by atoms with Gasteiger partial charge < -0.3 is 8.83 Å². The first-order valence-electron chi connectivity index (χ1n) is 58.1. The molecule has 0 aliphatic carbocycles. The van der Waals surface area contributed by atoms with E-state index in [4.69, 9.17) is 56.8 Å². The SMILES string of the molecule is [2H]c1c([2H])c(-c2c3c([2H])c([2H])c([2H])c([2H])c3c(-c3c([2H])c([2H])c4oc5c6c([2H])c([2H])c([2H])c([2H])c6c([2H])c([2H])c5c4c3[2H])c3c([2H])c([2H])c([2H])c([2H])c23)c([2H])c([2H])c1-c1c([2H])c([2H])c([2H])c2c([2H])c([2H])c([2H])c([2H])c12.[2H]c1c([2H])c(-c2c3c([2H])c([2H])c([2H])c([2H])c3c(-c3c([2H])c([2H])c4oc5c6c([2H])c([2H])c([2H])c([2H])c6c([2H])c([2H])c5c4c3[2H])c3c([2H])c([2H])c([2H])c([2H])c23)c([2H])c([2H])c1-c1c([2H])c([2H])c2c([2H])c([2H])c3c([2H])c([2H])c([2H])c([2H])c3c2c1[2H]. The minimum Gasteiger partial charge on any atom is -0.455 e. The van der Waals surface area contributed by atoms with Gasteiger partial charge in [-0.1, -0.05) is 308 Å². The Hall–Kier alpha value is -12.9. The van der Waals surface area contributed by atoms with Crippen LogP contribution < -0.4 is 0 Å². The zero-order valence-electron chi connectivity index (χ0n) is 107. The molecule has 0 atom stereocenters. The molecule has 0 fully saturated rings. The lowest BCUT2D eigenvalue weighted by Gasteiger charge is -2.18. The maximum absolute atomic E-state index is 9.85. The van der Waals surface area contributed by atoms with Crippen molar-refractivity contribution in [1.29, 1.82) is 0 Å². The predicted molar refractivity (Wildman–Crippen MR) is 418 cm³/mol. The molecular weight excluding hydrogens is 1190 g/mol. The van der Waals surface area contributed by atoms with Crippen LogP contribution in [0, 0.1) is 0 Å². The summed E-state index contributed by atoms with van der Waals surface area (Å²) in [4.78, 5) is 0. The maximum atomic E-state index is 9.85. The summed E-state index contributed by atoms with van der Waals surface area (Å²) in [6.07, 6.45) is 0. The van der Waals surface area contributed by atoms with E-state index in [1.165, 1.54) is 0 Å². The molecule has 2 nitrogen and oxygen atoms in total. The summed E-state index contributed by atoms with van der Waals surface area (Å²) in [5, 5.41) is -13.2. The van der Waals surface area contributed by atoms with Crippen molar-refractivity contribution in [1.82, 2.24) is 0 Å². The van der Waals surface area contributed by atoms with Crippen molar-refractivity contribution in [3.8, 4) is 66.8 Å². The Morgan fingerprint density at radius 2 is 0.449 bits per heavy atom. The highest BCUT2D eigenvalue weighted by Gasteiger charge is 2.22. The predicted octanol–water partition coefficient (Wildman–Crippen LogP) is 27.6. The molecule has 0 amide bonds. The first-order valence-corrected chi connectivity index (χ1v) is 29.1. The Bertz CT molecular complexity index is 10300. The number of hydrogen-bond donors (Lipinski definition) is 0. The third kappa shape index (κ3) is 8.89. The Morgan fingerprint density at radius 1 is 0.163 bits per heavy atom. The first-order chi connectivity index (χ1) is 72.8. The summed E-state index contributed by atoms with van der Waals surface area (Å²) >= 11 is 0. The lowest BCUT2D eigenvalue weighted by molar-refractivity contribution is 0.672. The van der Waals surface area contributed by atoms with E-state index in [1.807, 2.05) is 0 Å². The maximum Gasteiger partial charge on any atom is 0.143 e. The lowest BCUT2D eigenvalue weighted by Crippen LogP contribution is -1.91. The standard InChI is InChI=1S/C50H30O.C46H28O/c1-3-11-38-32(9-1)19-20-34-21-24-36(29-45(34)38)31-17-22-35(23-18-31)48-40-13-5-7-15-42(40)49(43-16-8-6-14-41(43)48)37-26-28-47-46(30-37)44-27-25-33-10-2-4-12-39(33)50(44)51-47;1-3-13-34-29(10-1)12-9-19-35(34)31-20-22-32(23-21-31)44-37-15-5-7-17-39(37)45(40-18-8-6-16-38(40)44)33-25-27-43-42(28-33)41-26-24-30-11-2-4-14-36(30)46(41)47-43/h1-30H;1-28H/i1D,2D,3D,4D,5D,6D,7D,8D,9D,10D,11D,12D,13D,14D,15D,16D,17D,18D,19D,20D,21D,22D,23D,24D,25D,26D,27D,28D,29D,30D;1D,2D,3D,4D,5D,6D,7D,8D,9D,10D,11D,12D,13D,14D,15D,16D,17D,18D,19D,20D,21D,22D,23D,24D,25D,26D,27D,28D. The molecule has 0 unspecified atom stereocenters. The molecule has 0 saturated carbocycles. The molecule has 19 aromatic carbocycles. The van der Waals surface area contributed by atoms with Crippen LogP contribution in [0.2, 0.25) is 0 Å². The van der Waals surface area contributed by atoms with Gasteiger partial charge in [-0.15, -0.1) is 0 Å². The summed E-state index contributed by atoms with van der Waals surface area (Å²) in [5.74, 6) is 0. The Balaban J connectivity index is 0.000000188. The second-order valence-corrected chi connectivity index (χ2v) is 21.5. The Kier molecular flexibility index (Phi) is 5.24. The van der Waals surface area contributed by atoms with Crippen LogP contribution in [0.4, 0.5) is 0 Å². The second-order valence-electron chi connectivity index (χ2n) is 21.5. The molecule has 0 saturated heterocycles. The smallest absolute Gasteiger partial charge is 0.143 e. The molecule has 0 spiro atoms. The van der Waals surface area contributed by atoms with Gasteiger partial charge in [0, 0.05) is 32.3 Å². The largest absolute Gasteiger partial charge is 0.455 e. The zero-order valence-corrected chi connectivity index (χ0v) is 48.8. The summed E-state index contributed by atoms with van der Waals surface area (Å²) < 4.78 is 535. The van der Waals surface area contributed by atoms with E-state index in [1.54, 1.807) is 0 Å². The molecule has 0 N–H and O–H groups in total. The monoisotopic (exact) mass is 1300 g/mol. The van der Waals surface area contributed by atoms with Crippen molar-refractivity contribution in [3.63, 3.8) is 0 Å². The van der Waals surface area contributed by atoms with Crippen LogP contribution in [0.15, 0.2) is 359 Å². The van der Waals surface area contributed by atoms with Crippen molar-refractivity contribution in [2.45, 2.75) is 0 Å². The van der Waals surface area contributed by atoms with Gasteiger partial charge in [0.15, 0.2) is 0 Å². The van der Waals surface area contributed by atoms with E-state index >= 15 is 0 Å². The fourth-order valence-electron chi connectivity index (χ4n) is 12.0. The Labute approximate surface area is 646 Å². The molecule has 98 heavy (non-hydrogen) atoms. The van der Waals surface area contributed by atoms with E-state index in [2.05, 4.69) is 0 Å². The number of furan rings is 2. The van der Waals surface area contributed by atoms with Crippen LogP contribution in [0.3, 0.4) is 0 Å². The molecule has 0 radical (unpaired) electrons. The van der Waals surface area contributed by atoms with Gasteiger partial charge in [0.25, 0.3) is 0 Å². The van der Waals surface area contributed by atoms with Gasteiger partial charge in [0.05, 0.1) is 79.5 Å². The average molecular weight is 1300 g/mol. The van der Waals surface area contributed by atoms with Gasteiger partial charge in [-0.3, -0.25) is 0 Å². The molecular formula is C96H58O2. The summed E-state index contributed by atoms with van der Waals surface area (Å²) in [5.41, 5.74) is -11.8. The number of fused-ring (bicyclic) bond motifs is 18. The van der Waals surface area contributed by atoms with E-state index in [-0.39, 0.29) is 0 Å². The lowest BCUT2D eigenvalue weighted by atomic mass is 9.85. The van der Waals surface area contributed by atoms with E-state index < -0.39 is 558 Å². The van der Waals surface area contributed by atoms with Gasteiger partial charge in [-0.25, -0.2) is 0 Å². The van der Waals surface area contributed by atoms with E-state index in [9.17, 15) is 31.5 Å². The number of hydrogen-bond acceptors (Lipinski definition) is 2. The molecule has 2 aromatic heterocycles. The highest BCUT2D eigenvalue weighted by Crippen LogP contribution is 2.49. The topological polar surface area (TPSA) is 26.3 Å². The molecule has 454 valence electrons. The normalized spacial score (nSPS) is 20.2. The highest BCUT2D eigenvalue weighted by molar-refractivity contribution is 6.25. The third-order valence-corrected chi connectivity index (χ3v) is 16.2. The third-order valence-electron chi connectivity index (χ3n) is 16.2. The van der Waals surface area contributed by atoms with E-state index in [0.717, 1.165) is 0 Å². The van der Waals surface area contributed by atoms with Crippen molar-refractivity contribution in [2.75, 3.05) is 0 Å². The van der Waals surface area contributed by atoms with E-state index in [0.29, 0.717) is 0 Å².